The number of benzene rings is 1. The van der Waals surface area contributed by atoms with E-state index in [0.29, 0.717) is 25.3 Å². The highest BCUT2D eigenvalue weighted by Crippen LogP contribution is 2.30. The van der Waals surface area contributed by atoms with E-state index in [1.807, 2.05) is 48.2 Å². The van der Waals surface area contributed by atoms with Gasteiger partial charge in [-0.15, -0.1) is 0 Å². The molecule has 0 bridgehead atoms. The smallest absolute Gasteiger partial charge is 0.258 e. The minimum Gasteiger partial charge on any atom is -0.464 e. The first kappa shape index (κ1) is 15.0. The van der Waals surface area contributed by atoms with Crippen LogP contribution in [0.5, 0.6) is 0 Å². The monoisotopic (exact) mass is 325 g/mol. The van der Waals surface area contributed by atoms with Crippen LogP contribution in [0.4, 0.5) is 0 Å². The number of hydrogen-bond acceptors (Lipinski definition) is 4. The fourth-order valence-electron chi connectivity index (χ4n) is 3.14. The Balaban J connectivity index is 1.68. The van der Waals surface area contributed by atoms with Crippen molar-refractivity contribution in [1.29, 1.82) is 0 Å². The summed E-state index contributed by atoms with van der Waals surface area (Å²) in [7, 11) is 0. The van der Waals surface area contributed by atoms with Gasteiger partial charge >= 0.3 is 0 Å². The van der Waals surface area contributed by atoms with Crippen molar-refractivity contribution in [1.82, 2.24) is 4.90 Å². The standard InChI is InChI=1S/C19H19NO4/c1-2-13-7-8-18(24-13)16-12-22-10-9-20(16)19(21)15-11-23-17-6-4-3-5-14(15)17/h3-8,11,16H,2,9-10,12H2,1H3. The molecule has 3 aromatic rings. The summed E-state index contributed by atoms with van der Waals surface area (Å²) in [6.45, 7) is 3.54. The highest BCUT2D eigenvalue weighted by Gasteiger charge is 2.32. The van der Waals surface area contributed by atoms with Crippen LogP contribution in [0.15, 0.2) is 51.5 Å². The number of hydrogen-bond donors (Lipinski definition) is 0. The summed E-state index contributed by atoms with van der Waals surface area (Å²) in [5.74, 6) is 1.63. The van der Waals surface area contributed by atoms with Gasteiger partial charge in [0.25, 0.3) is 5.91 Å². The van der Waals surface area contributed by atoms with Gasteiger partial charge in [-0.05, 0) is 18.2 Å². The Hall–Kier alpha value is -2.53. The molecule has 1 aromatic carbocycles. The van der Waals surface area contributed by atoms with Gasteiger partial charge < -0.3 is 18.5 Å². The van der Waals surface area contributed by atoms with Gasteiger partial charge in [0.15, 0.2) is 0 Å². The van der Waals surface area contributed by atoms with Crippen LogP contribution in [0.1, 0.15) is 34.8 Å². The molecule has 1 atom stereocenters. The lowest BCUT2D eigenvalue weighted by molar-refractivity contribution is -0.00895. The zero-order valence-corrected chi connectivity index (χ0v) is 13.5. The van der Waals surface area contributed by atoms with Crippen molar-refractivity contribution in [3.05, 3.63) is 59.7 Å². The van der Waals surface area contributed by atoms with Crippen LogP contribution < -0.4 is 0 Å². The summed E-state index contributed by atoms with van der Waals surface area (Å²) in [5.41, 5.74) is 1.30. The number of ether oxygens (including phenoxy) is 1. The van der Waals surface area contributed by atoms with E-state index in [1.165, 1.54) is 0 Å². The summed E-state index contributed by atoms with van der Waals surface area (Å²) in [4.78, 5) is 14.9. The zero-order valence-electron chi connectivity index (χ0n) is 13.5. The van der Waals surface area contributed by atoms with Crippen LogP contribution in [0.2, 0.25) is 0 Å². The van der Waals surface area contributed by atoms with Crippen molar-refractivity contribution in [2.24, 2.45) is 0 Å². The molecule has 0 aliphatic carbocycles. The zero-order chi connectivity index (χ0) is 16.5. The van der Waals surface area contributed by atoms with Gasteiger partial charge in [0.05, 0.1) is 18.8 Å². The van der Waals surface area contributed by atoms with Gasteiger partial charge in [0, 0.05) is 18.4 Å². The first-order valence-electron chi connectivity index (χ1n) is 8.21. The van der Waals surface area contributed by atoms with Crippen molar-refractivity contribution >= 4 is 16.9 Å². The average Bonchev–Trinajstić information content (AvgIpc) is 3.28. The summed E-state index contributed by atoms with van der Waals surface area (Å²) in [5, 5.41) is 0.835. The van der Waals surface area contributed by atoms with Gasteiger partial charge in [-0.1, -0.05) is 25.1 Å². The molecule has 0 spiro atoms. The Morgan fingerprint density at radius 3 is 2.96 bits per heavy atom. The van der Waals surface area contributed by atoms with Crippen molar-refractivity contribution < 1.29 is 18.4 Å². The van der Waals surface area contributed by atoms with E-state index in [2.05, 4.69) is 0 Å². The molecule has 3 heterocycles. The molecule has 1 fully saturated rings. The number of carbonyl (C=O) groups is 1. The highest BCUT2D eigenvalue weighted by molar-refractivity contribution is 6.06. The third-order valence-corrected chi connectivity index (χ3v) is 4.46. The van der Waals surface area contributed by atoms with Crippen LogP contribution in [-0.2, 0) is 11.2 Å². The van der Waals surface area contributed by atoms with E-state index < -0.39 is 0 Å². The molecule has 124 valence electrons. The number of furan rings is 2. The molecule has 0 radical (unpaired) electrons. The third-order valence-electron chi connectivity index (χ3n) is 4.46. The maximum Gasteiger partial charge on any atom is 0.258 e. The Morgan fingerprint density at radius 2 is 2.12 bits per heavy atom. The molecule has 1 saturated heterocycles. The fraction of sp³-hybridized carbons (Fsp3) is 0.316. The first-order valence-corrected chi connectivity index (χ1v) is 8.21. The molecule has 2 aromatic heterocycles. The van der Waals surface area contributed by atoms with E-state index in [4.69, 9.17) is 13.6 Å². The predicted octanol–water partition coefficient (Wildman–Crippen LogP) is 3.80. The molecule has 4 rings (SSSR count). The number of fused-ring (bicyclic) bond motifs is 1. The molecule has 0 saturated carbocycles. The maximum atomic E-state index is 13.1. The van der Waals surface area contributed by atoms with Crippen molar-refractivity contribution in [3.8, 4) is 0 Å². The quantitative estimate of drug-likeness (QED) is 0.735. The summed E-state index contributed by atoms with van der Waals surface area (Å²) < 4.78 is 17.0. The molecule has 1 unspecified atom stereocenters. The Bertz CT molecular complexity index is 863. The van der Waals surface area contributed by atoms with Crippen molar-refractivity contribution in [3.63, 3.8) is 0 Å². The Morgan fingerprint density at radius 1 is 1.25 bits per heavy atom. The molecule has 1 aliphatic rings. The lowest BCUT2D eigenvalue weighted by Gasteiger charge is -2.34. The van der Waals surface area contributed by atoms with Crippen LogP contribution in [0, 0.1) is 0 Å². The van der Waals surface area contributed by atoms with Gasteiger partial charge in [-0.3, -0.25) is 4.79 Å². The predicted molar refractivity (Wildman–Crippen MR) is 88.9 cm³/mol. The molecular weight excluding hydrogens is 306 g/mol. The van der Waals surface area contributed by atoms with Gasteiger partial charge in [0.1, 0.15) is 29.4 Å². The number of morpholine rings is 1. The Kier molecular flexibility index (Phi) is 3.86. The van der Waals surface area contributed by atoms with Crippen LogP contribution in [0.25, 0.3) is 11.0 Å². The number of carbonyl (C=O) groups excluding carboxylic acids is 1. The number of aryl methyl sites for hydroxylation is 1. The summed E-state index contributed by atoms with van der Waals surface area (Å²) >= 11 is 0. The number of nitrogens with zero attached hydrogens (tertiary/aromatic N) is 1. The molecule has 1 amide bonds. The normalized spacial score (nSPS) is 18.2. The van der Waals surface area contributed by atoms with Gasteiger partial charge in [-0.2, -0.15) is 0 Å². The molecule has 5 nitrogen and oxygen atoms in total. The lowest BCUT2D eigenvalue weighted by Crippen LogP contribution is -2.43. The molecule has 24 heavy (non-hydrogen) atoms. The van der Waals surface area contributed by atoms with E-state index >= 15 is 0 Å². The molecule has 5 heteroatoms. The maximum absolute atomic E-state index is 13.1. The van der Waals surface area contributed by atoms with Gasteiger partial charge in [0.2, 0.25) is 0 Å². The Labute approximate surface area is 139 Å². The van der Waals surface area contributed by atoms with Crippen molar-refractivity contribution in [2.75, 3.05) is 19.8 Å². The minimum atomic E-state index is -0.208. The van der Waals surface area contributed by atoms with E-state index in [0.717, 1.165) is 28.9 Å². The van der Waals surface area contributed by atoms with E-state index in [-0.39, 0.29) is 11.9 Å². The molecule has 0 N–H and O–H groups in total. The highest BCUT2D eigenvalue weighted by atomic mass is 16.5. The topological polar surface area (TPSA) is 55.8 Å². The largest absolute Gasteiger partial charge is 0.464 e. The SMILES string of the molecule is CCc1ccc(C2COCCN2C(=O)c2coc3ccccc23)o1. The number of rotatable bonds is 3. The fourth-order valence-corrected chi connectivity index (χ4v) is 3.14. The van der Waals surface area contributed by atoms with E-state index in [1.54, 1.807) is 6.26 Å². The second kappa shape index (κ2) is 6.17. The minimum absolute atomic E-state index is 0.0531. The molecular formula is C19H19NO4. The average molecular weight is 325 g/mol. The summed E-state index contributed by atoms with van der Waals surface area (Å²) in [6.07, 6.45) is 2.37. The lowest BCUT2D eigenvalue weighted by atomic mass is 10.1. The molecule has 1 aliphatic heterocycles. The third kappa shape index (κ3) is 2.51. The summed E-state index contributed by atoms with van der Waals surface area (Å²) in [6, 6.07) is 11.3. The van der Waals surface area contributed by atoms with Gasteiger partial charge in [-0.25, -0.2) is 0 Å². The van der Waals surface area contributed by atoms with Crippen LogP contribution in [-0.4, -0.2) is 30.6 Å². The number of amides is 1. The van der Waals surface area contributed by atoms with Crippen LogP contribution >= 0.6 is 0 Å². The van der Waals surface area contributed by atoms with Crippen molar-refractivity contribution in [2.45, 2.75) is 19.4 Å². The second-order valence-electron chi connectivity index (χ2n) is 5.89. The second-order valence-corrected chi connectivity index (χ2v) is 5.89. The van der Waals surface area contributed by atoms with Crippen LogP contribution in [0.3, 0.4) is 0 Å². The first-order chi connectivity index (χ1) is 11.8. The number of para-hydroxylation sites is 1. The van der Waals surface area contributed by atoms with E-state index in [9.17, 15) is 4.79 Å².